The first-order valence-electron chi connectivity index (χ1n) is 8.71. The maximum Gasteiger partial charge on any atom is 0.148 e. The van der Waals surface area contributed by atoms with E-state index in [-0.39, 0.29) is 5.41 Å². The fourth-order valence-corrected chi connectivity index (χ4v) is 6.18. The van der Waals surface area contributed by atoms with Gasteiger partial charge in [-0.2, -0.15) is 0 Å². The summed E-state index contributed by atoms with van der Waals surface area (Å²) in [5.41, 5.74) is 2.06. The molecule has 0 aliphatic rings. The van der Waals surface area contributed by atoms with Crippen LogP contribution in [-0.4, -0.2) is 13.7 Å². The van der Waals surface area contributed by atoms with Crippen molar-refractivity contribution in [3.63, 3.8) is 0 Å². The molecule has 0 radical (unpaired) electrons. The zero-order valence-electron chi connectivity index (χ0n) is 16.3. The largest absolute Gasteiger partial charge is 0.494 e. The quantitative estimate of drug-likeness (QED) is 0.279. The fourth-order valence-electron chi connectivity index (χ4n) is 2.75. The second-order valence-corrected chi connectivity index (χ2v) is 12.2. The van der Waals surface area contributed by atoms with Gasteiger partial charge in [-0.1, -0.05) is 52.6 Å². The maximum absolute atomic E-state index is 6.03. The predicted octanol–water partition coefficient (Wildman–Crippen LogP) is 9.86. The van der Waals surface area contributed by atoms with E-state index in [0.29, 0.717) is 6.61 Å². The van der Waals surface area contributed by atoms with Crippen LogP contribution < -0.4 is 9.47 Å². The smallest absolute Gasteiger partial charge is 0.148 e. The standard InChI is InChI=1S/C21H20Br6O2/c1-5-13(22)18(27)10-29-20-16(25)8-12(9-17(20)26)21(2,3)11-6-14(23)19(28-4)15(24)7-11/h6-9H,5,10H2,1-4H3. The lowest BCUT2D eigenvalue weighted by atomic mass is 9.78. The van der Waals surface area contributed by atoms with Crippen LogP contribution in [0, 0.1) is 0 Å². The van der Waals surface area contributed by atoms with Gasteiger partial charge >= 0.3 is 0 Å². The van der Waals surface area contributed by atoms with Gasteiger partial charge in [0.05, 0.1) is 25.0 Å². The van der Waals surface area contributed by atoms with Crippen molar-refractivity contribution in [3.8, 4) is 11.5 Å². The molecule has 0 fully saturated rings. The Balaban J connectivity index is 2.41. The molecule has 0 aromatic heterocycles. The summed E-state index contributed by atoms with van der Waals surface area (Å²) < 4.78 is 17.2. The Bertz CT molecular complexity index is 891. The van der Waals surface area contributed by atoms with Gasteiger partial charge in [0, 0.05) is 14.4 Å². The molecule has 2 rings (SSSR count). The van der Waals surface area contributed by atoms with E-state index in [4.69, 9.17) is 9.47 Å². The second-order valence-electron chi connectivity index (χ2n) is 6.82. The normalized spacial score (nSPS) is 12.6. The highest BCUT2D eigenvalue weighted by Crippen LogP contribution is 2.44. The molecule has 29 heavy (non-hydrogen) atoms. The van der Waals surface area contributed by atoms with Crippen LogP contribution in [0.2, 0.25) is 0 Å². The zero-order valence-corrected chi connectivity index (χ0v) is 25.8. The number of benzene rings is 2. The first kappa shape index (κ1) is 25.9. The molecule has 0 heterocycles. The van der Waals surface area contributed by atoms with Gasteiger partial charge in [0.2, 0.25) is 0 Å². The molecule has 0 saturated heterocycles. The highest BCUT2D eigenvalue weighted by molar-refractivity contribution is 9.14. The molecule has 2 nitrogen and oxygen atoms in total. The summed E-state index contributed by atoms with van der Waals surface area (Å²) in [4.78, 5) is 0. The molecule has 8 heteroatoms. The molecular formula is C21H20Br6O2. The monoisotopic (exact) mass is 778 g/mol. The molecule has 0 N–H and O–H groups in total. The molecule has 0 saturated carbocycles. The molecule has 2 aromatic carbocycles. The maximum atomic E-state index is 6.03. The van der Waals surface area contributed by atoms with Crippen LogP contribution in [0.3, 0.4) is 0 Å². The van der Waals surface area contributed by atoms with Gasteiger partial charge in [0.25, 0.3) is 0 Å². The molecular weight excluding hydrogens is 764 g/mol. The predicted molar refractivity (Wildman–Crippen MR) is 143 cm³/mol. The summed E-state index contributed by atoms with van der Waals surface area (Å²) in [7, 11) is 1.66. The Hall–Kier alpha value is 0.660. The molecule has 0 aliphatic heterocycles. The number of hydrogen-bond acceptors (Lipinski definition) is 2. The topological polar surface area (TPSA) is 18.5 Å². The van der Waals surface area contributed by atoms with E-state index in [1.165, 1.54) is 0 Å². The molecule has 0 spiro atoms. The van der Waals surface area contributed by atoms with Crippen molar-refractivity contribution in [1.29, 1.82) is 0 Å². The molecule has 2 aromatic rings. The minimum atomic E-state index is -0.243. The summed E-state index contributed by atoms with van der Waals surface area (Å²) in [6, 6.07) is 8.41. The second kappa shape index (κ2) is 11.0. The van der Waals surface area contributed by atoms with Gasteiger partial charge in [-0.3, -0.25) is 0 Å². The first-order valence-corrected chi connectivity index (χ1v) is 13.5. The van der Waals surface area contributed by atoms with E-state index in [1.54, 1.807) is 7.11 Å². The molecule has 0 unspecified atom stereocenters. The van der Waals surface area contributed by atoms with Crippen molar-refractivity contribution >= 4 is 95.6 Å². The van der Waals surface area contributed by atoms with E-state index < -0.39 is 0 Å². The minimum absolute atomic E-state index is 0.243. The van der Waals surface area contributed by atoms with Gasteiger partial charge in [-0.05, 0) is 106 Å². The van der Waals surface area contributed by atoms with Gasteiger partial charge in [-0.15, -0.1) is 0 Å². The number of methoxy groups -OCH3 is 1. The van der Waals surface area contributed by atoms with E-state index in [1.807, 2.05) is 0 Å². The van der Waals surface area contributed by atoms with Gasteiger partial charge < -0.3 is 9.47 Å². The summed E-state index contributed by atoms with van der Waals surface area (Å²) in [6.45, 7) is 6.93. The molecule has 0 atom stereocenters. The summed E-state index contributed by atoms with van der Waals surface area (Å²) in [5.74, 6) is 1.56. The lowest BCUT2D eigenvalue weighted by molar-refractivity contribution is 0.355. The van der Waals surface area contributed by atoms with Crippen LogP contribution in [-0.2, 0) is 5.41 Å². The summed E-state index contributed by atoms with van der Waals surface area (Å²) in [5, 5.41) is 0. The highest BCUT2D eigenvalue weighted by atomic mass is 79.9. The van der Waals surface area contributed by atoms with Crippen molar-refractivity contribution in [2.45, 2.75) is 32.6 Å². The number of rotatable bonds is 7. The Labute approximate surface area is 223 Å². The number of allylic oxidation sites excluding steroid dienone is 1. The van der Waals surface area contributed by atoms with Crippen molar-refractivity contribution in [1.82, 2.24) is 0 Å². The van der Waals surface area contributed by atoms with Crippen molar-refractivity contribution in [2.24, 2.45) is 0 Å². The van der Waals surface area contributed by atoms with Crippen LogP contribution in [0.5, 0.6) is 11.5 Å². The number of ether oxygens (including phenoxy) is 2. The van der Waals surface area contributed by atoms with Crippen LogP contribution in [0.15, 0.2) is 51.1 Å². The molecule has 0 bridgehead atoms. The van der Waals surface area contributed by atoms with Crippen LogP contribution >= 0.6 is 95.6 Å². The SMILES string of the molecule is CCC(Br)=C(Br)COc1c(Br)cc(C(C)(C)c2cc(Br)c(OC)c(Br)c2)cc1Br. The van der Waals surface area contributed by atoms with E-state index in [2.05, 4.69) is 141 Å². The lowest BCUT2D eigenvalue weighted by Gasteiger charge is -2.28. The Kier molecular flexibility index (Phi) is 9.82. The van der Waals surface area contributed by atoms with E-state index >= 15 is 0 Å². The Morgan fingerprint density at radius 1 is 0.793 bits per heavy atom. The average Bonchev–Trinajstić information content (AvgIpc) is 2.65. The van der Waals surface area contributed by atoms with Gasteiger partial charge in [0.1, 0.15) is 18.1 Å². The molecule has 158 valence electrons. The van der Waals surface area contributed by atoms with Crippen LogP contribution in [0.25, 0.3) is 0 Å². The van der Waals surface area contributed by atoms with Gasteiger partial charge in [-0.25, -0.2) is 0 Å². The number of hydrogen-bond donors (Lipinski definition) is 0. The Morgan fingerprint density at radius 3 is 1.59 bits per heavy atom. The zero-order chi connectivity index (χ0) is 21.9. The van der Waals surface area contributed by atoms with Crippen molar-refractivity contribution in [3.05, 3.63) is 62.2 Å². The lowest BCUT2D eigenvalue weighted by Crippen LogP contribution is -2.19. The average molecular weight is 784 g/mol. The summed E-state index contributed by atoms with van der Waals surface area (Å²) >= 11 is 21.7. The minimum Gasteiger partial charge on any atom is -0.494 e. The highest BCUT2D eigenvalue weighted by Gasteiger charge is 2.27. The number of halogens is 6. The van der Waals surface area contributed by atoms with Crippen molar-refractivity contribution in [2.75, 3.05) is 13.7 Å². The molecule has 0 amide bonds. The third-order valence-electron chi connectivity index (χ3n) is 4.59. The third-order valence-corrected chi connectivity index (χ3v) is 9.23. The van der Waals surface area contributed by atoms with E-state index in [0.717, 1.165) is 55.9 Å². The van der Waals surface area contributed by atoms with E-state index in [9.17, 15) is 0 Å². The van der Waals surface area contributed by atoms with Crippen molar-refractivity contribution < 1.29 is 9.47 Å². The Morgan fingerprint density at radius 2 is 1.21 bits per heavy atom. The van der Waals surface area contributed by atoms with Crippen LogP contribution in [0.4, 0.5) is 0 Å². The van der Waals surface area contributed by atoms with Crippen LogP contribution in [0.1, 0.15) is 38.3 Å². The first-order chi connectivity index (χ1) is 13.5. The van der Waals surface area contributed by atoms with Gasteiger partial charge in [0.15, 0.2) is 0 Å². The third kappa shape index (κ3) is 6.13. The fraction of sp³-hybridized carbons (Fsp3) is 0.333. The summed E-state index contributed by atoms with van der Waals surface area (Å²) in [6.07, 6.45) is 0.909. The molecule has 0 aliphatic carbocycles.